The normalized spacial score (nSPS) is 16.0. The molecule has 3 aromatic rings. The monoisotopic (exact) mass is 365 g/mol. The number of carbonyl (C=O) groups is 1. The molecule has 0 aliphatic carbocycles. The first kappa shape index (κ1) is 17.3. The highest BCUT2D eigenvalue weighted by atomic mass is 16.5. The van der Waals surface area contributed by atoms with Gasteiger partial charge in [0.1, 0.15) is 11.3 Å². The van der Waals surface area contributed by atoms with Gasteiger partial charge >= 0.3 is 0 Å². The standard InChI is InChI=1S/C21H19NO5/c1-26-14-9-7-13(8-10-14)18-17-19(24)15-5-2-3-6-16(15)27-20(17)21(25)22(18)11-4-12-23/h2-3,5-10,18,23H,4,11-12H2,1H3/t18-/m0/s1. The number of aliphatic hydroxyl groups is 1. The van der Waals surface area contributed by atoms with Crippen LogP contribution in [-0.2, 0) is 0 Å². The summed E-state index contributed by atoms with van der Waals surface area (Å²) in [5.41, 5.74) is 1.34. The van der Waals surface area contributed by atoms with Crippen LogP contribution in [0.25, 0.3) is 11.0 Å². The van der Waals surface area contributed by atoms with E-state index in [1.54, 1.807) is 48.4 Å². The molecule has 1 aliphatic heterocycles. The zero-order valence-corrected chi connectivity index (χ0v) is 14.8. The Labute approximate surface area is 155 Å². The van der Waals surface area contributed by atoms with Crippen LogP contribution in [0.5, 0.6) is 5.75 Å². The van der Waals surface area contributed by atoms with Gasteiger partial charge in [0.2, 0.25) is 5.76 Å². The Morgan fingerprint density at radius 3 is 2.56 bits per heavy atom. The van der Waals surface area contributed by atoms with E-state index in [4.69, 9.17) is 9.15 Å². The summed E-state index contributed by atoms with van der Waals surface area (Å²) in [5, 5.41) is 9.67. The van der Waals surface area contributed by atoms with Gasteiger partial charge in [0.15, 0.2) is 5.43 Å². The minimum Gasteiger partial charge on any atom is -0.497 e. The van der Waals surface area contributed by atoms with Crippen LogP contribution < -0.4 is 10.2 Å². The van der Waals surface area contributed by atoms with Gasteiger partial charge in [0, 0.05) is 13.2 Å². The summed E-state index contributed by atoms with van der Waals surface area (Å²) in [5.74, 6) is 0.440. The van der Waals surface area contributed by atoms with Crippen LogP contribution in [0, 0.1) is 0 Å². The predicted molar refractivity (Wildman–Crippen MR) is 100 cm³/mol. The van der Waals surface area contributed by atoms with Crippen molar-refractivity contribution in [2.75, 3.05) is 20.3 Å². The minimum atomic E-state index is -0.550. The Morgan fingerprint density at radius 1 is 1.11 bits per heavy atom. The summed E-state index contributed by atoms with van der Waals surface area (Å²) in [4.78, 5) is 27.8. The van der Waals surface area contributed by atoms with E-state index in [0.29, 0.717) is 35.2 Å². The maximum Gasteiger partial charge on any atom is 0.290 e. The van der Waals surface area contributed by atoms with Crippen molar-refractivity contribution in [1.82, 2.24) is 4.90 Å². The third kappa shape index (κ3) is 2.78. The van der Waals surface area contributed by atoms with E-state index in [2.05, 4.69) is 0 Å². The van der Waals surface area contributed by atoms with Crippen LogP contribution in [0.4, 0.5) is 0 Å². The maximum atomic E-state index is 13.2. The lowest BCUT2D eigenvalue weighted by molar-refractivity contribution is 0.0716. The second kappa shape index (κ2) is 6.89. The molecule has 1 aromatic heterocycles. The molecule has 0 radical (unpaired) electrons. The summed E-state index contributed by atoms with van der Waals surface area (Å²) in [6, 6.07) is 13.6. The Morgan fingerprint density at radius 2 is 1.85 bits per heavy atom. The first-order chi connectivity index (χ1) is 13.2. The Balaban J connectivity index is 1.93. The van der Waals surface area contributed by atoms with Crippen LogP contribution >= 0.6 is 0 Å². The van der Waals surface area contributed by atoms with Crippen LogP contribution in [0.2, 0.25) is 0 Å². The summed E-state index contributed by atoms with van der Waals surface area (Å²) < 4.78 is 11.0. The predicted octanol–water partition coefficient (Wildman–Crippen LogP) is 2.73. The molecular formula is C21H19NO5. The zero-order valence-electron chi connectivity index (χ0n) is 14.8. The molecule has 0 saturated carbocycles. The van der Waals surface area contributed by atoms with Gasteiger partial charge in [-0.1, -0.05) is 24.3 Å². The molecule has 1 amide bonds. The van der Waals surface area contributed by atoms with Crippen LogP contribution in [0.15, 0.2) is 57.7 Å². The summed E-state index contributed by atoms with van der Waals surface area (Å²) in [6.45, 7) is 0.283. The van der Waals surface area contributed by atoms with Gasteiger partial charge in [-0.3, -0.25) is 9.59 Å². The molecule has 138 valence electrons. The van der Waals surface area contributed by atoms with Crippen molar-refractivity contribution in [2.24, 2.45) is 0 Å². The molecule has 6 heteroatoms. The second-order valence-corrected chi connectivity index (χ2v) is 6.42. The number of methoxy groups -OCH3 is 1. The van der Waals surface area contributed by atoms with E-state index in [-0.39, 0.29) is 23.7 Å². The van der Waals surface area contributed by atoms with Crippen molar-refractivity contribution < 1.29 is 19.1 Å². The summed E-state index contributed by atoms with van der Waals surface area (Å²) in [6.07, 6.45) is 0.417. The van der Waals surface area contributed by atoms with Gasteiger partial charge in [0.05, 0.1) is 24.1 Å². The number of ether oxygens (including phenoxy) is 1. The van der Waals surface area contributed by atoms with Crippen molar-refractivity contribution >= 4 is 16.9 Å². The fraction of sp³-hybridized carbons (Fsp3) is 0.238. The smallest absolute Gasteiger partial charge is 0.290 e. The topological polar surface area (TPSA) is 80.0 Å². The number of nitrogens with zero attached hydrogens (tertiary/aromatic N) is 1. The molecule has 2 heterocycles. The zero-order chi connectivity index (χ0) is 19.0. The van der Waals surface area contributed by atoms with Crippen molar-refractivity contribution in [3.8, 4) is 5.75 Å². The van der Waals surface area contributed by atoms with Gasteiger partial charge < -0.3 is 19.2 Å². The Hall–Kier alpha value is -3.12. The molecule has 27 heavy (non-hydrogen) atoms. The van der Waals surface area contributed by atoms with E-state index in [9.17, 15) is 14.7 Å². The third-order valence-electron chi connectivity index (χ3n) is 4.86. The number of benzene rings is 2. The van der Waals surface area contributed by atoms with Gasteiger partial charge in [-0.2, -0.15) is 0 Å². The van der Waals surface area contributed by atoms with E-state index >= 15 is 0 Å². The lowest BCUT2D eigenvalue weighted by atomic mass is 9.98. The minimum absolute atomic E-state index is 0.0428. The Kier molecular flexibility index (Phi) is 4.41. The number of para-hydroxylation sites is 1. The van der Waals surface area contributed by atoms with Crippen molar-refractivity contribution in [3.63, 3.8) is 0 Å². The molecule has 1 N–H and O–H groups in total. The van der Waals surface area contributed by atoms with Crippen LogP contribution in [0.1, 0.15) is 34.1 Å². The molecule has 0 unspecified atom stereocenters. The number of hydrogen-bond acceptors (Lipinski definition) is 5. The first-order valence-corrected chi connectivity index (χ1v) is 8.77. The second-order valence-electron chi connectivity index (χ2n) is 6.42. The fourth-order valence-electron chi connectivity index (χ4n) is 3.57. The molecule has 0 bridgehead atoms. The molecule has 4 rings (SSSR count). The molecule has 1 aliphatic rings. The lowest BCUT2D eigenvalue weighted by Gasteiger charge is -2.25. The number of fused-ring (bicyclic) bond motifs is 2. The number of hydrogen-bond donors (Lipinski definition) is 1. The van der Waals surface area contributed by atoms with Gasteiger partial charge in [-0.25, -0.2) is 0 Å². The summed E-state index contributed by atoms with van der Waals surface area (Å²) in [7, 11) is 1.58. The first-order valence-electron chi connectivity index (χ1n) is 8.77. The van der Waals surface area contributed by atoms with Gasteiger partial charge in [0.25, 0.3) is 5.91 Å². The fourth-order valence-corrected chi connectivity index (χ4v) is 3.57. The highest BCUT2D eigenvalue weighted by Crippen LogP contribution is 2.38. The molecule has 0 spiro atoms. The molecule has 0 saturated heterocycles. The van der Waals surface area contributed by atoms with Crippen molar-refractivity contribution in [3.05, 3.63) is 75.6 Å². The van der Waals surface area contributed by atoms with Crippen LogP contribution in [0.3, 0.4) is 0 Å². The van der Waals surface area contributed by atoms with Gasteiger partial charge in [-0.15, -0.1) is 0 Å². The number of amides is 1. The number of carbonyl (C=O) groups excluding carboxylic acids is 1. The average Bonchev–Trinajstić information content (AvgIpc) is 2.99. The molecule has 0 fully saturated rings. The van der Waals surface area contributed by atoms with E-state index in [1.807, 2.05) is 12.1 Å². The molecular weight excluding hydrogens is 346 g/mol. The van der Waals surface area contributed by atoms with Crippen LogP contribution in [-0.4, -0.2) is 36.2 Å². The molecule has 6 nitrogen and oxygen atoms in total. The SMILES string of the molecule is COc1ccc([C@H]2c3c(oc4ccccc4c3=O)C(=O)N2CCCO)cc1. The van der Waals surface area contributed by atoms with E-state index in [0.717, 1.165) is 5.56 Å². The van der Waals surface area contributed by atoms with Gasteiger partial charge in [-0.05, 0) is 36.2 Å². The Bertz CT molecular complexity index is 1050. The summed E-state index contributed by atoms with van der Waals surface area (Å²) >= 11 is 0. The lowest BCUT2D eigenvalue weighted by Crippen LogP contribution is -2.31. The maximum absolute atomic E-state index is 13.2. The average molecular weight is 365 g/mol. The molecule has 1 atom stereocenters. The number of aliphatic hydroxyl groups excluding tert-OH is 1. The van der Waals surface area contributed by atoms with Crippen molar-refractivity contribution in [1.29, 1.82) is 0 Å². The number of rotatable bonds is 5. The van der Waals surface area contributed by atoms with Crippen molar-refractivity contribution in [2.45, 2.75) is 12.5 Å². The highest BCUT2D eigenvalue weighted by Gasteiger charge is 2.42. The van der Waals surface area contributed by atoms with E-state index < -0.39 is 6.04 Å². The highest BCUT2D eigenvalue weighted by molar-refractivity contribution is 5.99. The third-order valence-corrected chi connectivity index (χ3v) is 4.86. The largest absolute Gasteiger partial charge is 0.497 e. The van der Waals surface area contributed by atoms with E-state index in [1.165, 1.54) is 0 Å². The quantitative estimate of drug-likeness (QED) is 0.752. The molecule has 2 aromatic carbocycles.